The zero-order chi connectivity index (χ0) is 13.0. The van der Waals surface area contributed by atoms with E-state index in [9.17, 15) is 0 Å². The highest BCUT2D eigenvalue weighted by Crippen LogP contribution is 2.21. The fourth-order valence-corrected chi connectivity index (χ4v) is 2.68. The maximum absolute atomic E-state index is 5.87. The van der Waals surface area contributed by atoms with E-state index in [0.717, 1.165) is 13.1 Å². The molecule has 96 valence electrons. The Morgan fingerprint density at radius 2 is 1.94 bits per heavy atom. The SMILES string of the molecule is CCN(Cc1cccs1)c1ccc(C(C)N)cc1. The molecular weight excluding hydrogens is 240 g/mol. The van der Waals surface area contributed by atoms with Crippen molar-refractivity contribution >= 4 is 17.0 Å². The van der Waals surface area contributed by atoms with Crippen molar-refractivity contribution in [2.24, 2.45) is 5.73 Å². The van der Waals surface area contributed by atoms with Crippen molar-refractivity contribution in [2.45, 2.75) is 26.4 Å². The fourth-order valence-electron chi connectivity index (χ4n) is 1.97. The van der Waals surface area contributed by atoms with Crippen molar-refractivity contribution in [1.82, 2.24) is 0 Å². The zero-order valence-corrected chi connectivity index (χ0v) is 11.8. The smallest absolute Gasteiger partial charge is 0.0522 e. The first kappa shape index (κ1) is 13.1. The lowest BCUT2D eigenvalue weighted by Crippen LogP contribution is -2.21. The van der Waals surface area contributed by atoms with E-state index >= 15 is 0 Å². The zero-order valence-electron chi connectivity index (χ0n) is 11.0. The van der Waals surface area contributed by atoms with Gasteiger partial charge in [0.05, 0.1) is 6.54 Å². The molecule has 2 aromatic rings. The molecule has 1 unspecified atom stereocenters. The van der Waals surface area contributed by atoms with E-state index in [0.29, 0.717) is 0 Å². The van der Waals surface area contributed by atoms with Crippen LogP contribution >= 0.6 is 11.3 Å². The maximum Gasteiger partial charge on any atom is 0.0522 e. The van der Waals surface area contributed by atoms with E-state index in [1.54, 1.807) is 0 Å². The van der Waals surface area contributed by atoms with Crippen molar-refractivity contribution in [2.75, 3.05) is 11.4 Å². The molecule has 0 amide bonds. The van der Waals surface area contributed by atoms with Crippen LogP contribution in [0.3, 0.4) is 0 Å². The summed E-state index contributed by atoms with van der Waals surface area (Å²) in [5.74, 6) is 0. The van der Waals surface area contributed by atoms with Gasteiger partial charge in [0.2, 0.25) is 0 Å². The summed E-state index contributed by atoms with van der Waals surface area (Å²) in [6.07, 6.45) is 0. The molecule has 1 heterocycles. The molecule has 0 bridgehead atoms. The predicted octanol–water partition coefficient (Wildman–Crippen LogP) is 3.79. The Morgan fingerprint density at radius 1 is 1.22 bits per heavy atom. The van der Waals surface area contributed by atoms with E-state index in [1.165, 1.54) is 16.1 Å². The van der Waals surface area contributed by atoms with E-state index < -0.39 is 0 Å². The van der Waals surface area contributed by atoms with Crippen LogP contribution in [0, 0.1) is 0 Å². The standard InChI is InChI=1S/C15H20N2S/c1-3-17(11-15-5-4-10-18-15)14-8-6-13(7-9-14)12(2)16/h4-10,12H,3,11,16H2,1-2H3. The van der Waals surface area contributed by atoms with Crippen LogP contribution in [-0.2, 0) is 6.54 Å². The Balaban J connectivity index is 2.12. The maximum atomic E-state index is 5.87. The van der Waals surface area contributed by atoms with Gasteiger partial charge in [0.25, 0.3) is 0 Å². The lowest BCUT2D eigenvalue weighted by Gasteiger charge is -2.23. The van der Waals surface area contributed by atoms with Crippen LogP contribution in [0.2, 0.25) is 0 Å². The largest absolute Gasteiger partial charge is 0.367 e. The van der Waals surface area contributed by atoms with E-state index in [1.807, 2.05) is 18.3 Å². The molecule has 0 saturated heterocycles. The summed E-state index contributed by atoms with van der Waals surface area (Å²) in [5, 5.41) is 2.13. The third-order valence-electron chi connectivity index (χ3n) is 3.09. The first-order chi connectivity index (χ1) is 8.70. The summed E-state index contributed by atoms with van der Waals surface area (Å²) in [6, 6.07) is 13.0. The Kier molecular flexibility index (Phi) is 4.39. The van der Waals surface area contributed by atoms with Gasteiger partial charge in [-0.05, 0) is 43.0 Å². The highest BCUT2D eigenvalue weighted by atomic mass is 32.1. The summed E-state index contributed by atoms with van der Waals surface area (Å²) >= 11 is 1.81. The minimum Gasteiger partial charge on any atom is -0.367 e. The number of thiophene rings is 1. The molecule has 0 fully saturated rings. The number of anilines is 1. The van der Waals surface area contributed by atoms with Gasteiger partial charge in [-0.1, -0.05) is 18.2 Å². The minimum atomic E-state index is 0.103. The van der Waals surface area contributed by atoms with Gasteiger partial charge in [0, 0.05) is 23.2 Å². The number of nitrogens with zero attached hydrogens (tertiary/aromatic N) is 1. The van der Waals surface area contributed by atoms with Gasteiger partial charge < -0.3 is 10.6 Å². The minimum absolute atomic E-state index is 0.103. The molecule has 1 atom stereocenters. The van der Waals surface area contributed by atoms with Crippen LogP contribution in [0.1, 0.15) is 30.3 Å². The van der Waals surface area contributed by atoms with Crippen molar-refractivity contribution < 1.29 is 0 Å². The van der Waals surface area contributed by atoms with Gasteiger partial charge in [-0.25, -0.2) is 0 Å². The molecule has 18 heavy (non-hydrogen) atoms. The number of nitrogens with two attached hydrogens (primary N) is 1. The molecule has 0 aliphatic heterocycles. The van der Waals surface area contributed by atoms with Crippen LogP contribution in [0.4, 0.5) is 5.69 Å². The van der Waals surface area contributed by atoms with Crippen LogP contribution in [-0.4, -0.2) is 6.54 Å². The quantitative estimate of drug-likeness (QED) is 0.886. The molecule has 0 aliphatic rings. The van der Waals surface area contributed by atoms with Crippen LogP contribution in [0.15, 0.2) is 41.8 Å². The molecular formula is C15H20N2S. The predicted molar refractivity (Wildman–Crippen MR) is 80.1 cm³/mol. The molecule has 3 heteroatoms. The molecule has 0 aliphatic carbocycles. The molecule has 2 nitrogen and oxygen atoms in total. The van der Waals surface area contributed by atoms with Crippen LogP contribution in [0.25, 0.3) is 0 Å². The Hall–Kier alpha value is -1.32. The first-order valence-electron chi connectivity index (χ1n) is 6.33. The summed E-state index contributed by atoms with van der Waals surface area (Å²) in [5.41, 5.74) is 8.32. The second-order valence-electron chi connectivity index (χ2n) is 4.47. The lowest BCUT2D eigenvalue weighted by atomic mass is 10.1. The van der Waals surface area contributed by atoms with Gasteiger partial charge in [-0.2, -0.15) is 0 Å². The second-order valence-corrected chi connectivity index (χ2v) is 5.51. The van der Waals surface area contributed by atoms with Crippen LogP contribution < -0.4 is 10.6 Å². The summed E-state index contributed by atoms with van der Waals surface area (Å²) < 4.78 is 0. The monoisotopic (exact) mass is 260 g/mol. The molecule has 1 aromatic heterocycles. The molecule has 0 radical (unpaired) electrons. The third-order valence-corrected chi connectivity index (χ3v) is 3.95. The molecule has 2 rings (SSSR count). The number of hydrogen-bond acceptors (Lipinski definition) is 3. The average Bonchev–Trinajstić information content (AvgIpc) is 2.89. The Bertz CT molecular complexity index is 460. The second kappa shape index (κ2) is 6.03. The molecule has 2 N–H and O–H groups in total. The molecule has 0 saturated carbocycles. The summed E-state index contributed by atoms with van der Waals surface area (Å²) in [6.45, 7) is 6.19. The van der Waals surface area contributed by atoms with Gasteiger partial charge >= 0.3 is 0 Å². The molecule has 0 spiro atoms. The van der Waals surface area contributed by atoms with Gasteiger partial charge in [0.1, 0.15) is 0 Å². The number of rotatable bonds is 5. The van der Waals surface area contributed by atoms with E-state index in [-0.39, 0.29) is 6.04 Å². The average molecular weight is 260 g/mol. The summed E-state index contributed by atoms with van der Waals surface area (Å²) in [7, 11) is 0. The normalized spacial score (nSPS) is 12.4. The first-order valence-corrected chi connectivity index (χ1v) is 7.21. The Morgan fingerprint density at radius 3 is 2.44 bits per heavy atom. The third kappa shape index (κ3) is 3.12. The van der Waals surface area contributed by atoms with Crippen molar-refractivity contribution in [3.05, 3.63) is 52.2 Å². The van der Waals surface area contributed by atoms with Gasteiger partial charge in [0.15, 0.2) is 0 Å². The lowest BCUT2D eigenvalue weighted by molar-refractivity contribution is 0.812. The van der Waals surface area contributed by atoms with Gasteiger partial charge in [-0.3, -0.25) is 0 Å². The van der Waals surface area contributed by atoms with Crippen molar-refractivity contribution in [3.63, 3.8) is 0 Å². The fraction of sp³-hybridized carbons (Fsp3) is 0.333. The van der Waals surface area contributed by atoms with E-state index in [2.05, 4.69) is 53.6 Å². The highest BCUT2D eigenvalue weighted by Gasteiger charge is 2.06. The molecule has 1 aromatic carbocycles. The van der Waals surface area contributed by atoms with Crippen molar-refractivity contribution in [3.8, 4) is 0 Å². The highest BCUT2D eigenvalue weighted by molar-refractivity contribution is 7.09. The van der Waals surface area contributed by atoms with Crippen molar-refractivity contribution in [1.29, 1.82) is 0 Å². The number of hydrogen-bond donors (Lipinski definition) is 1. The van der Waals surface area contributed by atoms with E-state index in [4.69, 9.17) is 5.73 Å². The topological polar surface area (TPSA) is 29.3 Å². The Labute approximate surface area is 113 Å². The summed E-state index contributed by atoms with van der Waals surface area (Å²) in [4.78, 5) is 3.77. The van der Waals surface area contributed by atoms with Gasteiger partial charge in [-0.15, -0.1) is 11.3 Å². The van der Waals surface area contributed by atoms with Crippen LogP contribution in [0.5, 0.6) is 0 Å². The number of benzene rings is 1.